The van der Waals surface area contributed by atoms with Crippen LogP contribution in [0.3, 0.4) is 0 Å². The van der Waals surface area contributed by atoms with E-state index in [1.165, 1.54) is 7.11 Å². The number of hydrogen-bond acceptors (Lipinski definition) is 5. The van der Waals surface area contributed by atoms with Gasteiger partial charge in [0.2, 0.25) is 0 Å². The summed E-state index contributed by atoms with van der Waals surface area (Å²) in [4.78, 5) is 15.0. The predicted molar refractivity (Wildman–Crippen MR) is 66.7 cm³/mol. The number of methoxy groups -OCH3 is 1. The first-order valence-corrected chi connectivity index (χ1v) is 7.51. The van der Waals surface area contributed by atoms with Gasteiger partial charge in [-0.25, -0.2) is 13.4 Å². The maximum atomic E-state index is 11.8. The number of carbonyl (C=O) groups is 1. The van der Waals surface area contributed by atoms with Crippen molar-refractivity contribution in [3.8, 4) is 0 Å². The molecule has 0 aliphatic carbocycles. The minimum atomic E-state index is -3.22. The smallest absolute Gasteiger partial charge is 0.309 e. The van der Waals surface area contributed by atoms with E-state index in [4.69, 9.17) is 0 Å². The summed E-state index contributed by atoms with van der Waals surface area (Å²) in [6, 6.07) is 0. The molecule has 0 aromatic carbocycles. The van der Waals surface area contributed by atoms with E-state index < -0.39 is 21.7 Å². The van der Waals surface area contributed by atoms with Crippen LogP contribution in [0.25, 0.3) is 0 Å². The summed E-state index contributed by atoms with van der Waals surface area (Å²) in [5.74, 6) is -1.21. The molecule has 7 heteroatoms. The molecule has 1 rings (SSSR count). The maximum absolute atomic E-state index is 11.8. The Morgan fingerprint density at radius 2 is 2.22 bits per heavy atom. The zero-order chi connectivity index (χ0) is 13.6. The number of imidazole rings is 1. The maximum Gasteiger partial charge on any atom is 0.309 e. The van der Waals surface area contributed by atoms with E-state index in [0.29, 0.717) is 13.0 Å². The van der Waals surface area contributed by atoms with Gasteiger partial charge in [0.05, 0.1) is 30.9 Å². The molecule has 0 saturated carbocycles. The minimum absolute atomic E-state index is 0.0620. The lowest BCUT2D eigenvalue weighted by molar-refractivity contribution is -0.144. The molecule has 0 radical (unpaired) electrons. The summed E-state index contributed by atoms with van der Waals surface area (Å²) in [5.41, 5.74) is 0. The van der Waals surface area contributed by atoms with Crippen molar-refractivity contribution in [2.45, 2.75) is 19.9 Å². The van der Waals surface area contributed by atoms with Crippen molar-refractivity contribution in [3.05, 3.63) is 18.7 Å². The van der Waals surface area contributed by atoms with Crippen molar-refractivity contribution in [2.75, 3.05) is 18.6 Å². The average molecular weight is 274 g/mol. The van der Waals surface area contributed by atoms with Crippen LogP contribution in [0.1, 0.15) is 13.3 Å². The van der Waals surface area contributed by atoms with Crippen LogP contribution in [-0.2, 0) is 25.9 Å². The molecule has 0 N–H and O–H groups in total. The van der Waals surface area contributed by atoms with Gasteiger partial charge in [-0.3, -0.25) is 4.79 Å². The van der Waals surface area contributed by atoms with Gasteiger partial charge in [0.15, 0.2) is 9.84 Å². The Balaban J connectivity index is 2.38. The summed E-state index contributed by atoms with van der Waals surface area (Å²) in [6.45, 7) is 2.16. The zero-order valence-electron chi connectivity index (χ0n) is 10.6. The third kappa shape index (κ3) is 4.87. The van der Waals surface area contributed by atoms with Crippen molar-refractivity contribution in [1.82, 2.24) is 9.55 Å². The Morgan fingerprint density at radius 1 is 1.50 bits per heavy atom. The van der Waals surface area contributed by atoms with Gasteiger partial charge in [0, 0.05) is 18.9 Å². The van der Waals surface area contributed by atoms with Crippen molar-refractivity contribution < 1.29 is 17.9 Å². The highest BCUT2D eigenvalue weighted by Gasteiger charge is 2.21. The summed E-state index contributed by atoms with van der Waals surface area (Å²) < 4.78 is 29.8. The van der Waals surface area contributed by atoms with Gasteiger partial charge in [-0.1, -0.05) is 6.92 Å². The number of esters is 1. The van der Waals surface area contributed by atoms with E-state index in [-0.39, 0.29) is 11.5 Å². The number of ether oxygens (including phenoxy) is 1. The van der Waals surface area contributed by atoms with Crippen molar-refractivity contribution in [3.63, 3.8) is 0 Å². The van der Waals surface area contributed by atoms with E-state index in [1.54, 1.807) is 25.6 Å². The molecule has 0 amide bonds. The summed E-state index contributed by atoms with van der Waals surface area (Å²) in [5, 5.41) is 0. The third-order valence-corrected chi connectivity index (χ3v) is 4.46. The SMILES string of the molecule is COC(=O)C(C)CS(=O)(=O)CCCn1ccnc1. The number of aryl methyl sites for hydroxylation is 1. The first kappa shape index (κ1) is 14.7. The van der Waals surface area contributed by atoms with Gasteiger partial charge in [-0.15, -0.1) is 0 Å². The second-order valence-corrected chi connectivity index (χ2v) is 6.42. The van der Waals surface area contributed by atoms with Crippen molar-refractivity contribution in [1.29, 1.82) is 0 Å². The lowest BCUT2D eigenvalue weighted by Gasteiger charge is -2.10. The highest BCUT2D eigenvalue weighted by molar-refractivity contribution is 7.91. The van der Waals surface area contributed by atoms with Crippen LogP contribution in [0.2, 0.25) is 0 Å². The molecular formula is C11H18N2O4S. The van der Waals surface area contributed by atoms with E-state index in [9.17, 15) is 13.2 Å². The molecule has 0 aliphatic heterocycles. The van der Waals surface area contributed by atoms with Crippen LogP contribution >= 0.6 is 0 Å². The van der Waals surface area contributed by atoms with Crippen molar-refractivity contribution in [2.24, 2.45) is 5.92 Å². The Labute approximate surface area is 107 Å². The Hall–Kier alpha value is -1.37. The topological polar surface area (TPSA) is 78.3 Å². The Morgan fingerprint density at radius 3 is 2.78 bits per heavy atom. The first-order chi connectivity index (χ1) is 8.44. The summed E-state index contributed by atoms with van der Waals surface area (Å²) in [7, 11) is -1.97. The van der Waals surface area contributed by atoms with Crippen LogP contribution in [0, 0.1) is 5.92 Å². The lowest BCUT2D eigenvalue weighted by Crippen LogP contribution is -2.24. The molecule has 1 aromatic rings. The third-order valence-electron chi connectivity index (χ3n) is 2.54. The monoisotopic (exact) mass is 274 g/mol. The van der Waals surface area contributed by atoms with Crippen LogP contribution in [-0.4, -0.2) is 42.6 Å². The molecule has 0 saturated heterocycles. The molecule has 1 aromatic heterocycles. The van der Waals surface area contributed by atoms with E-state index in [1.807, 2.05) is 4.57 Å². The fraction of sp³-hybridized carbons (Fsp3) is 0.636. The number of hydrogen-bond donors (Lipinski definition) is 0. The first-order valence-electron chi connectivity index (χ1n) is 5.68. The van der Waals surface area contributed by atoms with Gasteiger partial charge < -0.3 is 9.30 Å². The second-order valence-electron chi connectivity index (χ2n) is 4.19. The van der Waals surface area contributed by atoms with Gasteiger partial charge in [-0.2, -0.15) is 0 Å². The van der Waals surface area contributed by atoms with E-state index in [0.717, 1.165) is 0 Å². The lowest BCUT2D eigenvalue weighted by atomic mass is 10.2. The summed E-state index contributed by atoms with van der Waals surface area (Å²) in [6.07, 6.45) is 5.58. The van der Waals surface area contributed by atoms with Gasteiger partial charge in [-0.05, 0) is 6.42 Å². The second kappa shape index (κ2) is 6.53. The molecular weight excluding hydrogens is 256 g/mol. The zero-order valence-corrected chi connectivity index (χ0v) is 11.4. The van der Waals surface area contributed by atoms with Crippen LogP contribution in [0.4, 0.5) is 0 Å². The van der Waals surface area contributed by atoms with Gasteiger partial charge in [0.1, 0.15) is 0 Å². The molecule has 1 heterocycles. The van der Waals surface area contributed by atoms with Crippen molar-refractivity contribution >= 4 is 15.8 Å². The molecule has 0 spiro atoms. The van der Waals surface area contributed by atoms with Gasteiger partial charge in [0.25, 0.3) is 0 Å². The molecule has 18 heavy (non-hydrogen) atoms. The highest BCUT2D eigenvalue weighted by Crippen LogP contribution is 2.06. The molecule has 0 fully saturated rings. The molecule has 102 valence electrons. The fourth-order valence-electron chi connectivity index (χ4n) is 1.62. The number of carbonyl (C=O) groups excluding carboxylic acids is 1. The summed E-state index contributed by atoms with van der Waals surface area (Å²) >= 11 is 0. The quantitative estimate of drug-likeness (QED) is 0.676. The molecule has 1 unspecified atom stereocenters. The van der Waals surface area contributed by atoms with Crippen LogP contribution in [0.5, 0.6) is 0 Å². The van der Waals surface area contributed by atoms with E-state index in [2.05, 4.69) is 9.72 Å². The minimum Gasteiger partial charge on any atom is -0.469 e. The number of nitrogens with zero attached hydrogens (tertiary/aromatic N) is 2. The Bertz CT molecular complexity index is 467. The average Bonchev–Trinajstić information content (AvgIpc) is 2.80. The largest absolute Gasteiger partial charge is 0.469 e. The number of aromatic nitrogens is 2. The molecule has 0 bridgehead atoms. The molecule has 0 aliphatic rings. The fourth-order valence-corrected chi connectivity index (χ4v) is 3.25. The molecule has 6 nitrogen and oxygen atoms in total. The highest BCUT2D eigenvalue weighted by atomic mass is 32.2. The van der Waals surface area contributed by atoms with Crippen LogP contribution < -0.4 is 0 Å². The van der Waals surface area contributed by atoms with Gasteiger partial charge >= 0.3 is 5.97 Å². The number of sulfone groups is 1. The molecule has 1 atom stereocenters. The van der Waals surface area contributed by atoms with Crippen LogP contribution in [0.15, 0.2) is 18.7 Å². The number of rotatable bonds is 7. The standard InChI is InChI=1S/C11H18N2O4S/c1-10(11(14)17-2)8-18(15,16)7-3-5-13-6-4-12-9-13/h4,6,9-10H,3,5,7-8H2,1-2H3. The normalized spacial score (nSPS) is 13.2. The Kier molecular flexibility index (Phi) is 5.33. The predicted octanol–water partition coefficient (Wildman–Crippen LogP) is 0.497. The van der Waals surface area contributed by atoms with E-state index >= 15 is 0 Å².